The third-order valence-corrected chi connectivity index (χ3v) is 6.33. The van der Waals surface area contributed by atoms with Gasteiger partial charge in [-0.25, -0.2) is 0 Å². The first-order chi connectivity index (χ1) is 14.2. The first-order valence-electron chi connectivity index (χ1n) is 9.09. The summed E-state index contributed by atoms with van der Waals surface area (Å²) in [6, 6.07) is 6.83. The van der Waals surface area contributed by atoms with Gasteiger partial charge in [0, 0.05) is 17.7 Å². The highest BCUT2D eigenvalue weighted by atomic mass is 35.5. The third-order valence-electron chi connectivity index (χ3n) is 5.30. The lowest BCUT2D eigenvalue weighted by molar-refractivity contribution is -0.137. The number of anilines is 1. The maximum Gasteiger partial charge on any atom is 0.416 e. The molecule has 2 N–H and O–H groups in total. The molecule has 4 rings (SSSR count). The van der Waals surface area contributed by atoms with E-state index in [-0.39, 0.29) is 27.9 Å². The van der Waals surface area contributed by atoms with Crippen molar-refractivity contribution in [1.29, 1.82) is 5.26 Å². The molecule has 0 unspecified atom stereocenters. The van der Waals surface area contributed by atoms with Crippen molar-refractivity contribution < 1.29 is 18.0 Å². The van der Waals surface area contributed by atoms with Crippen molar-refractivity contribution in [1.82, 2.24) is 0 Å². The topological polar surface area (TPSA) is 70.1 Å². The summed E-state index contributed by atoms with van der Waals surface area (Å²) in [5, 5.41) is 13.6. The van der Waals surface area contributed by atoms with Crippen molar-refractivity contribution in [3.8, 4) is 6.07 Å². The molecule has 0 fully saturated rings. The van der Waals surface area contributed by atoms with Gasteiger partial charge in [-0.05, 0) is 53.4 Å². The average molecular weight is 450 g/mol. The molecular weight excluding hydrogens is 435 g/mol. The molecule has 2 heterocycles. The number of carbonyl (C=O) groups is 1. The number of hydrogen-bond donors (Lipinski definition) is 1. The first-order valence-corrected chi connectivity index (χ1v) is 10.4. The predicted octanol–water partition coefficient (Wildman–Crippen LogP) is 5.73. The van der Waals surface area contributed by atoms with E-state index in [9.17, 15) is 23.2 Å². The van der Waals surface area contributed by atoms with E-state index in [4.69, 9.17) is 17.3 Å². The van der Waals surface area contributed by atoms with E-state index in [0.29, 0.717) is 30.5 Å². The number of nitrogens with two attached hydrogens (primary N) is 1. The van der Waals surface area contributed by atoms with Crippen molar-refractivity contribution in [2.45, 2.75) is 31.4 Å². The van der Waals surface area contributed by atoms with E-state index in [0.717, 1.165) is 23.8 Å². The fourth-order valence-electron chi connectivity index (χ4n) is 3.99. The van der Waals surface area contributed by atoms with Gasteiger partial charge in [-0.15, -0.1) is 0 Å². The van der Waals surface area contributed by atoms with Crippen LogP contribution in [-0.2, 0) is 11.0 Å². The van der Waals surface area contributed by atoms with Crippen molar-refractivity contribution in [3.05, 3.63) is 73.8 Å². The summed E-state index contributed by atoms with van der Waals surface area (Å²) in [5.74, 6) is -0.783. The van der Waals surface area contributed by atoms with Gasteiger partial charge in [0.2, 0.25) is 0 Å². The van der Waals surface area contributed by atoms with Gasteiger partial charge < -0.3 is 5.73 Å². The Kier molecular flexibility index (Phi) is 5.12. The third kappa shape index (κ3) is 3.28. The zero-order valence-electron chi connectivity index (χ0n) is 15.5. The second-order valence-corrected chi connectivity index (χ2v) is 8.22. The molecule has 0 amide bonds. The van der Waals surface area contributed by atoms with Gasteiger partial charge in [0.05, 0.1) is 33.8 Å². The average Bonchev–Trinajstić information content (AvgIpc) is 3.22. The number of nitriles is 1. The molecule has 0 radical (unpaired) electrons. The highest BCUT2D eigenvalue weighted by Crippen LogP contribution is 2.48. The summed E-state index contributed by atoms with van der Waals surface area (Å²) in [5.41, 5.74) is 7.24. The van der Waals surface area contributed by atoms with Crippen LogP contribution in [-0.4, -0.2) is 5.78 Å². The SMILES string of the molecule is N#CC1=C(N)N(c2cc(C(F)(F)F)ccc2Cl)C2=C(C(=O)CCC2)[C@@H]1c1ccsc1. The molecule has 1 aromatic carbocycles. The summed E-state index contributed by atoms with van der Waals surface area (Å²) in [7, 11) is 0. The number of benzene rings is 1. The molecule has 9 heteroatoms. The lowest BCUT2D eigenvalue weighted by Gasteiger charge is -2.39. The normalized spacial score (nSPS) is 19.8. The number of alkyl halides is 3. The van der Waals surface area contributed by atoms with Crippen LogP contribution in [0.1, 0.15) is 36.3 Å². The lowest BCUT2D eigenvalue weighted by atomic mass is 9.76. The molecule has 0 spiro atoms. The Morgan fingerprint density at radius 3 is 2.67 bits per heavy atom. The predicted molar refractivity (Wildman–Crippen MR) is 109 cm³/mol. The Morgan fingerprint density at radius 1 is 1.27 bits per heavy atom. The Labute approximate surface area is 179 Å². The number of ketones is 1. The van der Waals surface area contributed by atoms with E-state index in [1.807, 2.05) is 16.8 Å². The van der Waals surface area contributed by atoms with Crippen LogP contribution in [0, 0.1) is 11.3 Å². The summed E-state index contributed by atoms with van der Waals surface area (Å²) in [6.07, 6.45) is -3.29. The van der Waals surface area contributed by atoms with E-state index < -0.39 is 17.7 Å². The molecule has 1 atom stereocenters. The molecule has 2 aromatic rings. The monoisotopic (exact) mass is 449 g/mol. The van der Waals surface area contributed by atoms with Gasteiger partial charge in [-0.2, -0.15) is 29.8 Å². The smallest absolute Gasteiger partial charge is 0.384 e. The number of Topliss-reactive ketones (excluding diaryl/α,β-unsaturated/α-hetero) is 1. The van der Waals surface area contributed by atoms with E-state index in [2.05, 4.69) is 6.07 Å². The Hall–Kier alpha value is -2.76. The van der Waals surface area contributed by atoms with Crippen LogP contribution in [0.3, 0.4) is 0 Å². The number of halogens is 4. The minimum absolute atomic E-state index is 0.00251. The van der Waals surface area contributed by atoms with E-state index in [1.54, 1.807) is 0 Å². The number of nitrogens with zero attached hydrogens (tertiary/aromatic N) is 2. The van der Waals surface area contributed by atoms with Crippen molar-refractivity contribution >= 4 is 34.4 Å². The van der Waals surface area contributed by atoms with E-state index in [1.165, 1.54) is 16.2 Å². The second-order valence-electron chi connectivity index (χ2n) is 7.04. The van der Waals surface area contributed by atoms with Gasteiger partial charge in [-0.1, -0.05) is 11.6 Å². The molecule has 4 nitrogen and oxygen atoms in total. The van der Waals surface area contributed by atoms with Crippen LogP contribution in [0.25, 0.3) is 0 Å². The largest absolute Gasteiger partial charge is 0.416 e. The Balaban J connectivity index is 1.99. The van der Waals surface area contributed by atoms with Crippen LogP contribution < -0.4 is 10.6 Å². The fraction of sp³-hybridized carbons (Fsp3) is 0.238. The zero-order chi connectivity index (χ0) is 21.6. The number of rotatable bonds is 2. The van der Waals surface area contributed by atoms with Gasteiger partial charge in [0.25, 0.3) is 0 Å². The van der Waals surface area contributed by atoms with Crippen LogP contribution in [0.15, 0.2) is 57.7 Å². The van der Waals surface area contributed by atoms with Gasteiger partial charge >= 0.3 is 6.18 Å². The van der Waals surface area contributed by atoms with Crippen LogP contribution >= 0.6 is 22.9 Å². The molecule has 2 aliphatic rings. The van der Waals surface area contributed by atoms with Crippen LogP contribution in [0.5, 0.6) is 0 Å². The summed E-state index contributed by atoms with van der Waals surface area (Å²) >= 11 is 7.69. The highest BCUT2D eigenvalue weighted by molar-refractivity contribution is 7.08. The molecule has 1 aliphatic carbocycles. The first kappa shape index (κ1) is 20.5. The number of allylic oxidation sites excluding steroid dienone is 3. The standard InChI is InChI=1S/C21H15ClF3N3OS/c22-14-5-4-12(21(23,24)25)8-16(14)28-15-2-1-3-17(29)19(15)18(11-6-7-30-10-11)13(9-26)20(28)27/h4-8,10,18H,1-3,27H2/t18-/m1/s1. The van der Waals surface area contributed by atoms with Crippen LogP contribution in [0.4, 0.5) is 18.9 Å². The maximum atomic E-state index is 13.3. The van der Waals surface area contributed by atoms with Gasteiger partial charge in [0.1, 0.15) is 5.82 Å². The molecule has 0 saturated carbocycles. The Morgan fingerprint density at radius 2 is 2.03 bits per heavy atom. The lowest BCUT2D eigenvalue weighted by Crippen LogP contribution is -2.38. The summed E-state index contributed by atoms with van der Waals surface area (Å²) in [6.45, 7) is 0. The molecule has 30 heavy (non-hydrogen) atoms. The van der Waals surface area contributed by atoms with Crippen molar-refractivity contribution in [2.24, 2.45) is 5.73 Å². The van der Waals surface area contributed by atoms with Crippen LogP contribution in [0.2, 0.25) is 5.02 Å². The molecular formula is C21H15ClF3N3OS. The second kappa shape index (κ2) is 7.49. The Bertz CT molecular complexity index is 1130. The van der Waals surface area contributed by atoms with Crippen molar-refractivity contribution in [3.63, 3.8) is 0 Å². The van der Waals surface area contributed by atoms with E-state index >= 15 is 0 Å². The molecule has 1 aliphatic heterocycles. The number of thiophene rings is 1. The maximum absolute atomic E-state index is 13.3. The quantitative estimate of drug-likeness (QED) is 0.636. The zero-order valence-corrected chi connectivity index (χ0v) is 17.0. The van der Waals surface area contributed by atoms with Crippen molar-refractivity contribution in [2.75, 3.05) is 4.90 Å². The molecule has 0 saturated heterocycles. The minimum atomic E-state index is -4.58. The minimum Gasteiger partial charge on any atom is -0.384 e. The number of hydrogen-bond acceptors (Lipinski definition) is 5. The number of carbonyl (C=O) groups excluding carboxylic acids is 1. The van der Waals surface area contributed by atoms with Gasteiger partial charge in [0.15, 0.2) is 5.78 Å². The molecule has 154 valence electrons. The fourth-order valence-corrected chi connectivity index (χ4v) is 4.88. The summed E-state index contributed by atoms with van der Waals surface area (Å²) in [4.78, 5) is 14.3. The van der Waals surface area contributed by atoms with Gasteiger partial charge in [-0.3, -0.25) is 9.69 Å². The summed E-state index contributed by atoms with van der Waals surface area (Å²) < 4.78 is 40.0. The molecule has 1 aromatic heterocycles. The molecule has 0 bridgehead atoms. The highest BCUT2D eigenvalue weighted by Gasteiger charge is 2.41.